The van der Waals surface area contributed by atoms with E-state index in [0.29, 0.717) is 12.8 Å². The van der Waals surface area contributed by atoms with Gasteiger partial charge in [-0.2, -0.15) is 0 Å². The lowest BCUT2D eigenvalue weighted by atomic mass is 10.0. The second-order valence-corrected chi connectivity index (χ2v) is 12.5. The zero-order valence-electron chi connectivity index (χ0n) is 29.6. The number of aliphatic imine (C=N–C) groups is 1. The van der Waals surface area contributed by atoms with E-state index in [4.69, 9.17) is 28.7 Å². The second kappa shape index (κ2) is 24.2. The molecule has 0 aliphatic rings. The molecule has 0 saturated carbocycles. The van der Waals surface area contributed by atoms with Crippen molar-refractivity contribution >= 4 is 53.3 Å². The molecule has 0 aromatic carbocycles. The van der Waals surface area contributed by atoms with Crippen LogP contribution in [0.3, 0.4) is 0 Å². The molecule has 0 aromatic rings. The summed E-state index contributed by atoms with van der Waals surface area (Å²) >= 11 is 0. The predicted octanol–water partition coefficient (Wildman–Crippen LogP) is -5.22. The Morgan fingerprint density at radius 1 is 0.635 bits per heavy atom. The molecule has 0 spiro atoms. The number of carboxylic acids is 2. The van der Waals surface area contributed by atoms with Crippen LogP contribution in [0.5, 0.6) is 0 Å². The van der Waals surface area contributed by atoms with Crippen LogP contribution in [0, 0.1) is 5.92 Å². The van der Waals surface area contributed by atoms with Crippen LogP contribution in [-0.4, -0.2) is 124 Å². The number of hydrogen-bond acceptors (Lipinski definition) is 12. The minimum atomic E-state index is -1.87. The van der Waals surface area contributed by atoms with Crippen LogP contribution in [0.25, 0.3) is 0 Å². The fraction of sp³-hybridized carbons (Fsp3) is 0.700. The second-order valence-electron chi connectivity index (χ2n) is 12.5. The van der Waals surface area contributed by atoms with E-state index >= 15 is 0 Å². The molecule has 0 radical (unpaired) electrons. The lowest BCUT2D eigenvalue weighted by Crippen LogP contribution is -2.60. The van der Waals surface area contributed by atoms with E-state index < -0.39 is 103 Å². The quantitative estimate of drug-likeness (QED) is 0.0223. The summed E-state index contributed by atoms with van der Waals surface area (Å²) in [4.78, 5) is 105. The number of amides is 6. The number of hydrogen-bond donors (Lipinski definition) is 13. The first-order valence-corrected chi connectivity index (χ1v) is 16.6. The summed E-state index contributed by atoms with van der Waals surface area (Å²) in [5, 5.41) is 40.2. The van der Waals surface area contributed by atoms with Gasteiger partial charge >= 0.3 is 11.9 Å². The highest BCUT2D eigenvalue weighted by Crippen LogP contribution is 2.09. The first kappa shape index (κ1) is 46.9. The van der Waals surface area contributed by atoms with Crippen molar-refractivity contribution in [2.45, 2.75) is 114 Å². The number of carbonyl (C=O) groups is 8. The lowest BCUT2D eigenvalue weighted by molar-refractivity contribution is -0.143. The third-order valence-electron chi connectivity index (χ3n) is 7.35. The molecule has 0 unspecified atom stereocenters. The number of rotatable bonds is 26. The number of primary amides is 1. The zero-order chi connectivity index (χ0) is 40.1. The minimum absolute atomic E-state index is 0.0219. The Bertz CT molecular complexity index is 1280. The molecule has 0 heterocycles. The maximum absolute atomic E-state index is 13.4. The Labute approximate surface area is 300 Å². The molecule has 0 saturated heterocycles. The number of nitrogens with one attached hydrogen (secondary N) is 5. The number of guanidine groups is 1. The molecule has 52 heavy (non-hydrogen) atoms. The molecule has 6 amide bonds. The van der Waals surface area contributed by atoms with Crippen molar-refractivity contribution in [3.8, 4) is 0 Å². The van der Waals surface area contributed by atoms with Crippen molar-refractivity contribution in [1.29, 1.82) is 0 Å². The number of carboxylic acid groups (broad SMARTS) is 2. The number of nitrogens with two attached hydrogens (primary N) is 5. The third-order valence-corrected chi connectivity index (χ3v) is 7.35. The van der Waals surface area contributed by atoms with E-state index in [1.54, 1.807) is 13.8 Å². The number of aliphatic hydroxyl groups is 1. The van der Waals surface area contributed by atoms with Crippen LogP contribution in [-0.2, 0) is 38.4 Å². The number of unbranched alkanes of at least 4 members (excludes halogenated alkanes) is 1. The Morgan fingerprint density at radius 2 is 1.08 bits per heavy atom. The van der Waals surface area contributed by atoms with Gasteiger partial charge in [-0.3, -0.25) is 38.6 Å². The Balaban J connectivity index is 6.26. The normalized spacial score (nSPS) is 15.0. The van der Waals surface area contributed by atoms with Crippen molar-refractivity contribution in [3.05, 3.63) is 0 Å². The van der Waals surface area contributed by atoms with Gasteiger partial charge in [-0.15, -0.1) is 0 Å². The molecule has 22 nitrogen and oxygen atoms in total. The Kier molecular flexibility index (Phi) is 21.8. The number of aliphatic hydroxyl groups excluding tert-OH is 1. The highest BCUT2D eigenvalue weighted by atomic mass is 16.4. The van der Waals surface area contributed by atoms with Crippen molar-refractivity contribution in [2.75, 3.05) is 13.1 Å². The van der Waals surface area contributed by atoms with Crippen LogP contribution in [0.1, 0.15) is 72.1 Å². The highest BCUT2D eigenvalue weighted by molar-refractivity contribution is 5.98. The van der Waals surface area contributed by atoms with E-state index in [-0.39, 0.29) is 50.7 Å². The van der Waals surface area contributed by atoms with Crippen LogP contribution < -0.4 is 55.3 Å². The van der Waals surface area contributed by atoms with Gasteiger partial charge in [0.05, 0.1) is 18.9 Å². The molecule has 22 heteroatoms. The van der Waals surface area contributed by atoms with Crippen LogP contribution >= 0.6 is 0 Å². The van der Waals surface area contributed by atoms with Gasteiger partial charge in [-0.25, -0.2) is 4.79 Å². The molecule has 0 aliphatic heterocycles. The van der Waals surface area contributed by atoms with E-state index in [9.17, 15) is 53.7 Å². The van der Waals surface area contributed by atoms with Crippen molar-refractivity contribution in [2.24, 2.45) is 39.6 Å². The molecular formula is C30H55N11O11. The van der Waals surface area contributed by atoms with Gasteiger partial charge in [0, 0.05) is 6.54 Å². The predicted molar refractivity (Wildman–Crippen MR) is 185 cm³/mol. The summed E-state index contributed by atoms with van der Waals surface area (Å²) in [6.07, 6.45) is -2.36. The molecular weight excluding hydrogens is 690 g/mol. The van der Waals surface area contributed by atoms with Crippen molar-refractivity contribution in [3.63, 3.8) is 0 Å². The van der Waals surface area contributed by atoms with Gasteiger partial charge < -0.3 is 70.6 Å². The van der Waals surface area contributed by atoms with Crippen molar-refractivity contribution in [1.82, 2.24) is 26.6 Å². The summed E-state index contributed by atoms with van der Waals surface area (Å²) in [7, 11) is 0. The fourth-order valence-electron chi connectivity index (χ4n) is 4.60. The largest absolute Gasteiger partial charge is 0.481 e. The van der Waals surface area contributed by atoms with E-state index in [0.717, 1.165) is 0 Å². The maximum atomic E-state index is 13.4. The summed E-state index contributed by atoms with van der Waals surface area (Å²) in [6.45, 7) is 5.00. The first-order valence-electron chi connectivity index (χ1n) is 16.6. The van der Waals surface area contributed by atoms with Crippen LogP contribution in [0.2, 0.25) is 0 Å². The topological polar surface area (TPSA) is 400 Å². The SMILES string of the molecule is CC(C)C[C@H](NC(=O)[C@H](CCCCN)NC(=O)[C@H](CC(=O)O)NC(=O)[C@H](CC(N)=O)NC(=O)[C@H](CCCN=C(N)N)NC(=O)[C@@H](N)[C@@H](C)O)C(=O)O. The maximum Gasteiger partial charge on any atom is 0.326 e. The van der Waals surface area contributed by atoms with Gasteiger partial charge in [0.1, 0.15) is 36.3 Å². The van der Waals surface area contributed by atoms with Gasteiger partial charge in [-0.05, 0) is 57.9 Å². The summed E-state index contributed by atoms with van der Waals surface area (Å²) in [5.74, 6) is -9.53. The van der Waals surface area contributed by atoms with Crippen molar-refractivity contribution < 1.29 is 53.7 Å². The van der Waals surface area contributed by atoms with Gasteiger partial charge in [0.15, 0.2) is 5.96 Å². The van der Waals surface area contributed by atoms with Crippen LogP contribution in [0.15, 0.2) is 4.99 Å². The van der Waals surface area contributed by atoms with E-state index in [1.165, 1.54) is 6.92 Å². The molecule has 7 atom stereocenters. The Hall–Kier alpha value is -5.09. The monoisotopic (exact) mass is 745 g/mol. The number of aliphatic carboxylic acids is 2. The third kappa shape index (κ3) is 19.3. The molecule has 0 fully saturated rings. The van der Waals surface area contributed by atoms with Gasteiger partial charge in [-0.1, -0.05) is 13.8 Å². The Morgan fingerprint density at radius 3 is 1.50 bits per heavy atom. The summed E-state index contributed by atoms with van der Waals surface area (Å²) < 4.78 is 0. The highest BCUT2D eigenvalue weighted by Gasteiger charge is 2.34. The summed E-state index contributed by atoms with van der Waals surface area (Å²) in [6, 6.07) is -9.18. The fourth-order valence-corrected chi connectivity index (χ4v) is 4.60. The average Bonchev–Trinajstić information content (AvgIpc) is 3.03. The first-order chi connectivity index (χ1) is 24.2. The number of nitrogens with zero attached hydrogens (tertiary/aromatic N) is 1. The zero-order valence-corrected chi connectivity index (χ0v) is 29.6. The lowest BCUT2D eigenvalue weighted by Gasteiger charge is -2.27. The van der Waals surface area contributed by atoms with E-state index in [1.807, 2.05) is 0 Å². The molecule has 0 rings (SSSR count). The number of carbonyl (C=O) groups excluding carboxylic acids is 6. The molecule has 0 aromatic heterocycles. The standard InChI is InChI=1S/C30H55N11O11/c1-14(2)11-20(29(51)52)41-25(47)16(7-4-5-9-31)37-27(49)19(13-22(44)45)40-26(48)18(12-21(32)43)39-24(46)17(8-6-10-36-30(34)35)38-28(50)23(33)15(3)42/h14-20,23,42H,4-13,31,33H2,1-3H3,(H2,32,43)(H,37,49)(H,38,50)(H,39,46)(H,40,48)(H,41,47)(H,44,45)(H,51,52)(H4,34,35,36)/t15-,16+,17+,18+,19+,20+,23+/m1/s1. The minimum Gasteiger partial charge on any atom is -0.481 e. The van der Waals surface area contributed by atoms with Gasteiger partial charge in [0.2, 0.25) is 35.4 Å². The smallest absolute Gasteiger partial charge is 0.326 e. The molecule has 0 aliphatic carbocycles. The molecule has 0 bridgehead atoms. The van der Waals surface area contributed by atoms with Crippen LogP contribution in [0.4, 0.5) is 0 Å². The average molecular weight is 746 g/mol. The summed E-state index contributed by atoms with van der Waals surface area (Å²) in [5.41, 5.74) is 27.1. The van der Waals surface area contributed by atoms with E-state index in [2.05, 4.69) is 31.6 Å². The molecule has 18 N–H and O–H groups in total. The van der Waals surface area contributed by atoms with Gasteiger partial charge in [0.25, 0.3) is 0 Å². The molecule has 296 valence electrons.